The van der Waals surface area contributed by atoms with Gasteiger partial charge in [-0.05, 0) is 51.4 Å². The zero-order valence-corrected chi connectivity index (χ0v) is 16.2. The van der Waals surface area contributed by atoms with Gasteiger partial charge in [-0.1, -0.05) is 6.07 Å². The Morgan fingerprint density at radius 3 is 2.38 bits per heavy atom. The van der Waals surface area contributed by atoms with Crippen LogP contribution in [0.4, 0.5) is 13.2 Å². The van der Waals surface area contributed by atoms with Crippen molar-refractivity contribution >= 4 is 5.78 Å². The molecule has 1 heterocycles. The van der Waals surface area contributed by atoms with Crippen molar-refractivity contribution in [3.63, 3.8) is 0 Å². The van der Waals surface area contributed by atoms with Gasteiger partial charge in [0, 0.05) is 5.56 Å². The van der Waals surface area contributed by atoms with Crippen molar-refractivity contribution in [2.45, 2.75) is 20.1 Å². The van der Waals surface area contributed by atoms with Gasteiger partial charge in [0.05, 0.1) is 35.8 Å². The molecule has 152 valence electrons. The highest BCUT2D eigenvalue weighted by Crippen LogP contribution is 2.27. The van der Waals surface area contributed by atoms with Crippen LogP contribution >= 0.6 is 0 Å². The zero-order chi connectivity index (χ0) is 21.3. The Morgan fingerprint density at radius 1 is 1.14 bits per heavy atom. The Hall–Kier alpha value is -2.97. The molecule has 0 bridgehead atoms. The molecular weight excluding hydrogens is 383 g/mol. The topological polar surface area (TPSA) is 58.4 Å². The van der Waals surface area contributed by atoms with Crippen LogP contribution in [0.15, 0.2) is 36.4 Å². The van der Waals surface area contributed by atoms with Crippen LogP contribution in [0, 0.1) is 24.4 Å². The van der Waals surface area contributed by atoms with Crippen molar-refractivity contribution in [1.82, 2.24) is 14.5 Å². The first-order chi connectivity index (χ1) is 13.7. The third-order valence-corrected chi connectivity index (χ3v) is 4.48. The van der Waals surface area contributed by atoms with E-state index in [-0.39, 0.29) is 17.9 Å². The van der Waals surface area contributed by atoms with Crippen molar-refractivity contribution in [2.75, 3.05) is 14.1 Å². The first-order valence-electron chi connectivity index (χ1n) is 8.86. The lowest BCUT2D eigenvalue weighted by Crippen LogP contribution is -2.18. The third-order valence-electron chi connectivity index (χ3n) is 4.48. The van der Waals surface area contributed by atoms with Crippen molar-refractivity contribution in [3.8, 4) is 5.69 Å². The monoisotopic (exact) mass is 403 g/mol. The number of aryl methyl sites for hydroxylation is 1. The Balaban J connectivity index is 2.28. The van der Waals surface area contributed by atoms with E-state index in [0.29, 0.717) is 23.8 Å². The maximum Gasteiger partial charge on any atom is 0.201 e. The lowest BCUT2D eigenvalue weighted by atomic mass is 10.00. The molecule has 0 spiro atoms. The van der Waals surface area contributed by atoms with Gasteiger partial charge in [-0.15, -0.1) is 0 Å². The number of hydrogen-bond acceptors (Lipinski definition) is 4. The second kappa shape index (κ2) is 8.18. The molecule has 1 N–H and O–H groups in total. The van der Waals surface area contributed by atoms with E-state index in [0.717, 1.165) is 30.3 Å². The summed E-state index contributed by atoms with van der Waals surface area (Å²) in [6, 6.07) is 6.48. The summed E-state index contributed by atoms with van der Waals surface area (Å²) >= 11 is 0. The number of nitrogens with zero attached hydrogens (tertiary/aromatic N) is 3. The Bertz CT molecular complexity index is 1060. The molecule has 0 unspecified atom stereocenters. The number of aliphatic hydroxyl groups is 1. The number of rotatable bonds is 6. The normalized spacial score (nSPS) is 11.3. The van der Waals surface area contributed by atoms with Crippen LogP contribution in [0.5, 0.6) is 0 Å². The number of imidazole rings is 1. The summed E-state index contributed by atoms with van der Waals surface area (Å²) in [6.07, 6.45) is 0. The van der Waals surface area contributed by atoms with Crippen molar-refractivity contribution in [2.24, 2.45) is 0 Å². The van der Waals surface area contributed by atoms with Crippen molar-refractivity contribution in [3.05, 3.63) is 82.2 Å². The first kappa shape index (κ1) is 20.8. The van der Waals surface area contributed by atoms with Crippen LogP contribution in [-0.2, 0) is 13.2 Å². The van der Waals surface area contributed by atoms with Gasteiger partial charge in [0.15, 0.2) is 0 Å². The molecule has 0 aliphatic rings. The fraction of sp³-hybridized carbons (Fsp3) is 0.238. The van der Waals surface area contributed by atoms with Crippen molar-refractivity contribution in [1.29, 1.82) is 0 Å². The third kappa shape index (κ3) is 3.94. The summed E-state index contributed by atoms with van der Waals surface area (Å²) in [7, 11) is 3.64. The second-order valence-corrected chi connectivity index (χ2v) is 6.88. The Kier molecular flexibility index (Phi) is 5.86. The maximum absolute atomic E-state index is 14.2. The molecule has 0 amide bonds. The number of carbonyl (C=O) groups excluding carboxylic acids is 1. The number of benzene rings is 2. The molecule has 0 atom stereocenters. The second-order valence-electron chi connectivity index (χ2n) is 6.88. The molecule has 3 rings (SSSR count). The zero-order valence-electron chi connectivity index (χ0n) is 16.2. The predicted molar refractivity (Wildman–Crippen MR) is 101 cm³/mol. The Morgan fingerprint density at radius 2 is 1.79 bits per heavy atom. The molecular formula is C21H20F3N3O2. The number of halogens is 3. The van der Waals surface area contributed by atoms with Gasteiger partial charge in [0.1, 0.15) is 23.3 Å². The molecule has 0 saturated carbocycles. The van der Waals surface area contributed by atoms with Crippen LogP contribution in [0.2, 0.25) is 0 Å². The number of aliphatic hydroxyl groups excluding tert-OH is 1. The minimum atomic E-state index is -1.04. The molecule has 3 aromatic rings. The summed E-state index contributed by atoms with van der Waals surface area (Å²) in [6.45, 7) is 1.67. The minimum absolute atomic E-state index is 0.181. The van der Waals surface area contributed by atoms with Gasteiger partial charge in [-0.25, -0.2) is 18.2 Å². The number of ketones is 1. The predicted octanol–water partition coefficient (Wildman–Crippen LogP) is 3.38. The van der Waals surface area contributed by atoms with Crippen LogP contribution in [0.3, 0.4) is 0 Å². The molecule has 0 fully saturated rings. The smallest absolute Gasteiger partial charge is 0.201 e. The fourth-order valence-corrected chi connectivity index (χ4v) is 3.22. The van der Waals surface area contributed by atoms with E-state index < -0.39 is 28.8 Å². The first-order valence-corrected chi connectivity index (χ1v) is 8.86. The minimum Gasteiger partial charge on any atom is -0.390 e. The molecule has 0 radical (unpaired) electrons. The highest BCUT2D eigenvalue weighted by Gasteiger charge is 2.25. The number of carbonyl (C=O) groups is 1. The summed E-state index contributed by atoms with van der Waals surface area (Å²) in [5.41, 5.74) is 0.109. The van der Waals surface area contributed by atoms with Crippen LogP contribution in [0.25, 0.3) is 5.69 Å². The van der Waals surface area contributed by atoms with Gasteiger partial charge in [0.25, 0.3) is 0 Å². The van der Waals surface area contributed by atoms with E-state index in [1.807, 2.05) is 19.0 Å². The summed E-state index contributed by atoms with van der Waals surface area (Å²) < 4.78 is 43.9. The molecule has 2 aromatic carbocycles. The van der Waals surface area contributed by atoms with Crippen LogP contribution in [0.1, 0.15) is 33.1 Å². The van der Waals surface area contributed by atoms with E-state index in [2.05, 4.69) is 4.98 Å². The van der Waals surface area contributed by atoms with E-state index in [1.165, 1.54) is 10.6 Å². The summed E-state index contributed by atoms with van der Waals surface area (Å²) in [5, 5.41) is 9.84. The van der Waals surface area contributed by atoms with Gasteiger partial charge in [-0.2, -0.15) is 0 Å². The van der Waals surface area contributed by atoms with E-state index in [1.54, 1.807) is 6.92 Å². The highest BCUT2D eigenvalue weighted by molar-refractivity contribution is 6.11. The lowest BCUT2D eigenvalue weighted by Gasteiger charge is -2.17. The molecule has 0 aliphatic carbocycles. The maximum atomic E-state index is 14.2. The molecule has 8 heteroatoms. The Labute approximate surface area is 166 Å². The van der Waals surface area contributed by atoms with Gasteiger partial charge in [0.2, 0.25) is 5.78 Å². The van der Waals surface area contributed by atoms with E-state index in [9.17, 15) is 23.1 Å². The SMILES string of the molecule is Cc1nc(CN(C)C)n(-c2ccc(F)cc2C(=O)c2c(F)cccc2F)c1CO. The average molecular weight is 403 g/mol. The van der Waals surface area contributed by atoms with E-state index >= 15 is 0 Å². The standard InChI is InChI=1S/C21H20F3N3O2/c1-12-18(11-28)27(19(25-12)10-26(2)3)17-8-7-13(22)9-14(17)21(29)20-15(23)5-4-6-16(20)24/h4-9,28H,10-11H2,1-3H3. The number of hydrogen-bond donors (Lipinski definition) is 1. The summed E-state index contributed by atoms with van der Waals surface area (Å²) in [5.74, 6) is -3.32. The van der Waals surface area contributed by atoms with Gasteiger partial charge >= 0.3 is 0 Å². The largest absolute Gasteiger partial charge is 0.390 e. The molecule has 29 heavy (non-hydrogen) atoms. The molecule has 1 aromatic heterocycles. The van der Waals surface area contributed by atoms with E-state index in [4.69, 9.17) is 0 Å². The molecule has 0 aliphatic heterocycles. The average Bonchev–Trinajstić information content (AvgIpc) is 2.95. The fourth-order valence-electron chi connectivity index (χ4n) is 3.22. The van der Waals surface area contributed by atoms with Crippen molar-refractivity contribution < 1.29 is 23.1 Å². The van der Waals surface area contributed by atoms with Gasteiger partial charge < -0.3 is 10.0 Å². The van der Waals surface area contributed by atoms with Crippen LogP contribution < -0.4 is 0 Å². The number of aromatic nitrogens is 2. The summed E-state index contributed by atoms with van der Waals surface area (Å²) in [4.78, 5) is 19.3. The molecule has 0 saturated heterocycles. The quantitative estimate of drug-likeness (QED) is 0.641. The lowest BCUT2D eigenvalue weighted by molar-refractivity contribution is 0.103. The van der Waals surface area contributed by atoms with Gasteiger partial charge in [-0.3, -0.25) is 9.36 Å². The van der Waals surface area contributed by atoms with Crippen LogP contribution in [-0.4, -0.2) is 39.4 Å². The highest BCUT2D eigenvalue weighted by atomic mass is 19.1. The molecule has 5 nitrogen and oxygen atoms in total.